The molecular weight excluding hydrogens is 386 g/mol. The van der Waals surface area contributed by atoms with Gasteiger partial charge in [-0.15, -0.1) is 0 Å². The molecule has 0 radical (unpaired) electrons. The van der Waals surface area contributed by atoms with E-state index in [0.29, 0.717) is 12.1 Å². The molecule has 31 heavy (non-hydrogen) atoms. The van der Waals surface area contributed by atoms with Crippen molar-refractivity contribution in [3.63, 3.8) is 0 Å². The van der Waals surface area contributed by atoms with Gasteiger partial charge < -0.3 is 15.5 Å². The summed E-state index contributed by atoms with van der Waals surface area (Å²) in [6.45, 7) is 9.55. The highest BCUT2D eigenvalue weighted by atomic mass is 16.2. The minimum Gasteiger partial charge on any atom is -0.346 e. The molecule has 2 atom stereocenters. The molecule has 0 bridgehead atoms. The van der Waals surface area contributed by atoms with E-state index in [2.05, 4.69) is 47.9 Å². The molecule has 1 aliphatic rings. The van der Waals surface area contributed by atoms with Crippen LogP contribution in [-0.4, -0.2) is 36.0 Å². The third kappa shape index (κ3) is 6.09. The number of carbonyl (C=O) groups is 2. The number of rotatable bonds is 6. The van der Waals surface area contributed by atoms with E-state index >= 15 is 0 Å². The van der Waals surface area contributed by atoms with Crippen LogP contribution in [-0.2, 0) is 6.42 Å². The van der Waals surface area contributed by atoms with Crippen LogP contribution in [0.25, 0.3) is 0 Å². The van der Waals surface area contributed by atoms with Crippen molar-refractivity contribution in [3.05, 3.63) is 70.8 Å². The summed E-state index contributed by atoms with van der Waals surface area (Å²) < 4.78 is 0. The maximum absolute atomic E-state index is 12.9. The number of hydrogen-bond donors (Lipinski definition) is 2. The van der Waals surface area contributed by atoms with E-state index < -0.39 is 0 Å². The molecule has 0 spiro atoms. The quantitative estimate of drug-likeness (QED) is 0.687. The van der Waals surface area contributed by atoms with E-state index in [1.807, 2.05) is 43.9 Å². The number of nitrogens with zero attached hydrogens (tertiary/aromatic N) is 1. The topological polar surface area (TPSA) is 61.4 Å². The van der Waals surface area contributed by atoms with Gasteiger partial charge in [-0.1, -0.05) is 43.3 Å². The van der Waals surface area contributed by atoms with Crippen molar-refractivity contribution in [2.24, 2.45) is 0 Å². The first-order valence-electron chi connectivity index (χ1n) is 11.4. The Hall–Kier alpha value is -2.82. The molecule has 166 valence electrons. The van der Waals surface area contributed by atoms with E-state index in [4.69, 9.17) is 0 Å². The number of piperidine rings is 1. The van der Waals surface area contributed by atoms with Crippen LogP contribution in [0.4, 0.5) is 4.79 Å². The Labute approximate surface area is 186 Å². The predicted molar refractivity (Wildman–Crippen MR) is 125 cm³/mol. The average molecular weight is 422 g/mol. The highest BCUT2D eigenvalue weighted by Crippen LogP contribution is 2.28. The van der Waals surface area contributed by atoms with E-state index in [0.717, 1.165) is 36.9 Å². The van der Waals surface area contributed by atoms with Gasteiger partial charge in [-0.2, -0.15) is 0 Å². The van der Waals surface area contributed by atoms with Crippen molar-refractivity contribution in [2.75, 3.05) is 13.1 Å². The van der Waals surface area contributed by atoms with Crippen molar-refractivity contribution in [1.82, 2.24) is 15.5 Å². The lowest BCUT2D eigenvalue weighted by Crippen LogP contribution is -2.47. The number of carbonyl (C=O) groups excluding carboxylic acids is 2. The van der Waals surface area contributed by atoms with Crippen LogP contribution < -0.4 is 10.6 Å². The zero-order valence-corrected chi connectivity index (χ0v) is 19.2. The fourth-order valence-corrected chi connectivity index (χ4v) is 4.11. The second kappa shape index (κ2) is 10.5. The molecule has 2 aromatic rings. The Balaban J connectivity index is 1.66. The lowest BCUT2D eigenvalue weighted by molar-refractivity contribution is 0.0939. The van der Waals surface area contributed by atoms with Crippen LogP contribution in [0.5, 0.6) is 0 Å². The van der Waals surface area contributed by atoms with Crippen LogP contribution >= 0.6 is 0 Å². The van der Waals surface area contributed by atoms with Gasteiger partial charge in [-0.3, -0.25) is 4.79 Å². The molecule has 1 saturated heterocycles. The summed E-state index contributed by atoms with van der Waals surface area (Å²) in [7, 11) is 0. The van der Waals surface area contributed by atoms with E-state index in [1.165, 1.54) is 5.56 Å². The van der Waals surface area contributed by atoms with Crippen LogP contribution in [0, 0.1) is 0 Å². The Morgan fingerprint density at radius 1 is 1.06 bits per heavy atom. The first-order valence-corrected chi connectivity index (χ1v) is 11.4. The molecule has 3 rings (SSSR count). The van der Waals surface area contributed by atoms with Crippen molar-refractivity contribution < 1.29 is 9.59 Å². The molecule has 2 unspecified atom stereocenters. The van der Waals surface area contributed by atoms with Crippen molar-refractivity contribution in [2.45, 2.75) is 65.0 Å². The summed E-state index contributed by atoms with van der Waals surface area (Å²) >= 11 is 0. The van der Waals surface area contributed by atoms with E-state index in [9.17, 15) is 9.59 Å². The van der Waals surface area contributed by atoms with Gasteiger partial charge in [0.2, 0.25) is 0 Å². The number of benzene rings is 2. The lowest BCUT2D eigenvalue weighted by atomic mass is 9.89. The number of amides is 3. The van der Waals surface area contributed by atoms with E-state index in [1.54, 1.807) is 0 Å². The normalized spacial score (nSPS) is 17.3. The molecule has 1 fully saturated rings. The number of urea groups is 1. The van der Waals surface area contributed by atoms with Gasteiger partial charge in [0.1, 0.15) is 0 Å². The molecule has 1 heterocycles. The summed E-state index contributed by atoms with van der Waals surface area (Å²) in [6.07, 6.45) is 3.00. The Morgan fingerprint density at radius 2 is 1.81 bits per heavy atom. The number of hydrogen-bond acceptors (Lipinski definition) is 2. The molecule has 0 aliphatic carbocycles. The zero-order chi connectivity index (χ0) is 22.4. The van der Waals surface area contributed by atoms with Crippen LogP contribution in [0.1, 0.15) is 79.5 Å². The summed E-state index contributed by atoms with van der Waals surface area (Å²) in [4.78, 5) is 27.2. The Kier molecular flexibility index (Phi) is 7.72. The van der Waals surface area contributed by atoms with Crippen molar-refractivity contribution in [1.29, 1.82) is 0 Å². The second-order valence-corrected chi connectivity index (χ2v) is 8.81. The fourth-order valence-electron chi connectivity index (χ4n) is 4.11. The van der Waals surface area contributed by atoms with Crippen molar-refractivity contribution >= 4 is 11.9 Å². The standard InChI is InChI=1S/C26H35N3O2/c1-5-20-11-13-21(14-12-20)19(4)28-25(30)23-9-6-8-22(16-23)24-10-7-15-29(17-24)26(31)27-18(2)3/h6,8-9,11-14,16,18-19,24H,5,7,10,15,17H2,1-4H3,(H,27,31)(H,28,30). The summed E-state index contributed by atoms with van der Waals surface area (Å²) in [5.41, 5.74) is 4.17. The first-order chi connectivity index (χ1) is 14.9. The molecule has 5 heteroatoms. The zero-order valence-electron chi connectivity index (χ0n) is 19.2. The molecule has 3 amide bonds. The molecule has 0 saturated carbocycles. The third-order valence-corrected chi connectivity index (χ3v) is 5.98. The molecule has 2 aromatic carbocycles. The van der Waals surface area contributed by atoms with Gasteiger partial charge in [0, 0.05) is 30.6 Å². The molecule has 2 N–H and O–H groups in total. The monoisotopic (exact) mass is 421 g/mol. The number of aryl methyl sites for hydroxylation is 1. The Morgan fingerprint density at radius 3 is 2.48 bits per heavy atom. The van der Waals surface area contributed by atoms with Crippen molar-refractivity contribution in [3.8, 4) is 0 Å². The first kappa shape index (κ1) is 22.9. The largest absolute Gasteiger partial charge is 0.346 e. The summed E-state index contributed by atoms with van der Waals surface area (Å²) in [5, 5.41) is 6.10. The van der Waals surface area contributed by atoms with Gasteiger partial charge in [0.05, 0.1) is 6.04 Å². The predicted octanol–water partition coefficient (Wildman–Crippen LogP) is 5.04. The van der Waals surface area contributed by atoms with Gasteiger partial charge >= 0.3 is 6.03 Å². The van der Waals surface area contributed by atoms with Crippen LogP contribution in [0.15, 0.2) is 48.5 Å². The van der Waals surface area contributed by atoms with Gasteiger partial charge in [0.25, 0.3) is 5.91 Å². The fraction of sp³-hybridized carbons (Fsp3) is 0.462. The summed E-state index contributed by atoms with van der Waals surface area (Å²) in [5.74, 6) is 0.178. The maximum Gasteiger partial charge on any atom is 0.317 e. The smallest absolute Gasteiger partial charge is 0.317 e. The summed E-state index contributed by atoms with van der Waals surface area (Å²) in [6, 6.07) is 16.3. The second-order valence-electron chi connectivity index (χ2n) is 8.81. The number of likely N-dealkylation sites (tertiary alicyclic amines) is 1. The number of nitrogens with one attached hydrogen (secondary N) is 2. The van der Waals surface area contributed by atoms with Gasteiger partial charge in [0.15, 0.2) is 0 Å². The van der Waals surface area contributed by atoms with Gasteiger partial charge in [-0.25, -0.2) is 4.79 Å². The minimum absolute atomic E-state index is 0.00323. The molecule has 1 aliphatic heterocycles. The van der Waals surface area contributed by atoms with Crippen LogP contribution in [0.2, 0.25) is 0 Å². The highest BCUT2D eigenvalue weighted by molar-refractivity contribution is 5.94. The lowest BCUT2D eigenvalue weighted by Gasteiger charge is -2.33. The highest BCUT2D eigenvalue weighted by Gasteiger charge is 2.25. The van der Waals surface area contributed by atoms with E-state index in [-0.39, 0.29) is 29.9 Å². The third-order valence-electron chi connectivity index (χ3n) is 5.98. The average Bonchev–Trinajstić information content (AvgIpc) is 2.78. The minimum atomic E-state index is -0.0702. The molecule has 0 aromatic heterocycles. The van der Waals surface area contributed by atoms with Gasteiger partial charge in [-0.05, 0) is 68.9 Å². The SMILES string of the molecule is CCc1ccc(C(C)NC(=O)c2cccc(C3CCCN(C(=O)NC(C)C)C3)c2)cc1. The van der Waals surface area contributed by atoms with Crippen LogP contribution in [0.3, 0.4) is 0 Å². The molecule has 5 nitrogen and oxygen atoms in total. The Bertz CT molecular complexity index is 892. The maximum atomic E-state index is 12.9. The molecular formula is C26H35N3O2.